The fraction of sp³-hybridized carbons (Fsp3) is 0.588. The Morgan fingerprint density at radius 1 is 1.35 bits per heavy atom. The van der Waals surface area contributed by atoms with Gasteiger partial charge in [0, 0.05) is 43.4 Å². The summed E-state index contributed by atoms with van der Waals surface area (Å²) < 4.78 is 5.27. The summed E-state index contributed by atoms with van der Waals surface area (Å²) in [5, 5.41) is 3.84. The fourth-order valence-corrected chi connectivity index (χ4v) is 3.42. The van der Waals surface area contributed by atoms with Crippen molar-refractivity contribution in [2.45, 2.75) is 13.3 Å². The van der Waals surface area contributed by atoms with Gasteiger partial charge in [0.25, 0.3) is 0 Å². The number of rotatable bonds is 3. The third-order valence-electron chi connectivity index (χ3n) is 4.64. The maximum Gasteiger partial charge on any atom is 0.317 e. The van der Waals surface area contributed by atoms with Crippen LogP contribution in [-0.4, -0.2) is 56.9 Å². The van der Waals surface area contributed by atoms with E-state index in [1.807, 2.05) is 17.0 Å². The molecule has 2 aliphatic heterocycles. The van der Waals surface area contributed by atoms with Crippen LogP contribution in [0.3, 0.4) is 0 Å². The lowest BCUT2D eigenvalue weighted by Crippen LogP contribution is -2.47. The molecule has 1 N–H and O–H groups in total. The Bertz CT molecular complexity index is 561. The first-order valence-corrected chi connectivity index (χ1v) is 8.63. The highest BCUT2D eigenvalue weighted by atomic mass is 35.5. The Balaban J connectivity index is 1.50. The Morgan fingerprint density at radius 2 is 2.13 bits per heavy atom. The second-order valence-electron chi connectivity index (χ2n) is 6.32. The first-order chi connectivity index (χ1) is 11.1. The zero-order valence-electron chi connectivity index (χ0n) is 13.6. The standard InChI is InChI=1S/C17H24ClN3O2/c1-13-2-3-15(18)10-16(13)21-5-4-14(12-21)11-19-17(22)20-6-8-23-9-7-20/h2-3,10,14H,4-9,11-12H2,1H3,(H,19,22)/t14-/m1/s1. The zero-order chi connectivity index (χ0) is 16.2. The van der Waals surface area contributed by atoms with Crippen LogP contribution < -0.4 is 10.2 Å². The van der Waals surface area contributed by atoms with E-state index in [0.29, 0.717) is 32.2 Å². The molecule has 2 saturated heterocycles. The number of urea groups is 1. The van der Waals surface area contributed by atoms with E-state index >= 15 is 0 Å². The topological polar surface area (TPSA) is 44.8 Å². The molecule has 1 atom stereocenters. The zero-order valence-corrected chi connectivity index (χ0v) is 14.3. The summed E-state index contributed by atoms with van der Waals surface area (Å²) in [5.74, 6) is 0.485. The van der Waals surface area contributed by atoms with Crippen molar-refractivity contribution in [2.24, 2.45) is 5.92 Å². The van der Waals surface area contributed by atoms with Crippen LogP contribution in [0.1, 0.15) is 12.0 Å². The van der Waals surface area contributed by atoms with Crippen LogP contribution in [0.5, 0.6) is 0 Å². The van der Waals surface area contributed by atoms with Crippen LogP contribution in [0.15, 0.2) is 18.2 Å². The lowest BCUT2D eigenvalue weighted by Gasteiger charge is -2.27. The molecule has 0 radical (unpaired) electrons. The van der Waals surface area contributed by atoms with Crippen molar-refractivity contribution < 1.29 is 9.53 Å². The lowest BCUT2D eigenvalue weighted by molar-refractivity contribution is 0.0530. The minimum atomic E-state index is 0.0330. The third-order valence-corrected chi connectivity index (χ3v) is 4.87. The number of halogens is 1. The number of aryl methyl sites for hydroxylation is 1. The quantitative estimate of drug-likeness (QED) is 0.921. The van der Waals surface area contributed by atoms with Crippen LogP contribution in [0, 0.1) is 12.8 Å². The number of nitrogens with zero attached hydrogens (tertiary/aromatic N) is 2. The summed E-state index contributed by atoms with van der Waals surface area (Å²) in [7, 11) is 0. The average Bonchev–Trinajstić information content (AvgIpc) is 3.04. The van der Waals surface area contributed by atoms with Crippen LogP contribution in [0.4, 0.5) is 10.5 Å². The van der Waals surface area contributed by atoms with Gasteiger partial charge >= 0.3 is 6.03 Å². The lowest BCUT2D eigenvalue weighted by atomic mass is 10.1. The highest BCUT2D eigenvalue weighted by Crippen LogP contribution is 2.29. The van der Waals surface area contributed by atoms with Gasteiger partial charge < -0.3 is 19.9 Å². The second kappa shape index (κ2) is 7.41. The Kier molecular flexibility index (Phi) is 5.28. The molecule has 2 fully saturated rings. The smallest absolute Gasteiger partial charge is 0.317 e. The van der Waals surface area contributed by atoms with E-state index in [1.54, 1.807) is 0 Å². The molecule has 2 amide bonds. The maximum absolute atomic E-state index is 12.1. The number of nitrogens with one attached hydrogen (secondary N) is 1. The van der Waals surface area contributed by atoms with Gasteiger partial charge in [-0.25, -0.2) is 4.79 Å². The van der Waals surface area contributed by atoms with Crippen LogP contribution in [0.25, 0.3) is 0 Å². The second-order valence-corrected chi connectivity index (χ2v) is 6.75. The van der Waals surface area contributed by atoms with E-state index in [1.165, 1.54) is 11.3 Å². The minimum absolute atomic E-state index is 0.0330. The van der Waals surface area contributed by atoms with Gasteiger partial charge in [0.2, 0.25) is 0 Å². The molecule has 5 nitrogen and oxygen atoms in total. The van der Waals surface area contributed by atoms with Crippen molar-refractivity contribution in [1.82, 2.24) is 10.2 Å². The van der Waals surface area contributed by atoms with Gasteiger partial charge in [0.05, 0.1) is 13.2 Å². The van der Waals surface area contributed by atoms with Crippen molar-refractivity contribution >= 4 is 23.3 Å². The number of anilines is 1. The fourth-order valence-electron chi connectivity index (χ4n) is 3.25. The SMILES string of the molecule is Cc1ccc(Cl)cc1N1CC[C@H](CNC(=O)N2CCOCC2)C1. The number of carbonyl (C=O) groups is 1. The Morgan fingerprint density at radius 3 is 2.91 bits per heavy atom. The number of hydrogen-bond acceptors (Lipinski definition) is 3. The molecule has 0 aliphatic carbocycles. The number of carbonyl (C=O) groups excluding carboxylic acids is 1. The highest BCUT2D eigenvalue weighted by molar-refractivity contribution is 6.30. The normalized spacial score (nSPS) is 21.6. The summed E-state index contributed by atoms with van der Waals surface area (Å²) in [4.78, 5) is 16.3. The van der Waals surface area contributed by atoms with E-state index in [0.717, 1.165) is 31.1 Å². The van der Waals surface area contributed by atoms with E-state index in [2.05, 4.69) is 23.2 Å². The molecule has 2 heterocycles. The Labute approximate surface area is 142 Å². The van der Waals surface area contributed by atoms with E-state index in [9.17, 15) is 4.79 Å². The molecule has 23 heavy (non-hydrogen) atoms. The minimum Gasteiger partial charge on any atom is -0.378 e. The summed E-state index contributed by atoms with van der Waals surface area (Å²) in [5.41, 5.74) is 2.45. The average molecular weight is 338 g/mol. The number of morpholine rings is 1. The molecule has 1 aromatic carbocycles. The van der Waals surface area contributed by atoms with Crippen molar-refractivity contribution in [3.8, 4) is 0 Å². The summed E-state index contributed by atoms with van der Waals surface area (Å²) >= 11 is 6.12. The number of amides is 2. The largest absolute Gasteiger partial charge is 0.378 e. The molecule has 2 aliphatic rings. The van der Waals surface area contributed by atoms with E-state index in [-0.39, 0.29) is 6.03 Å². The van der Waals surface area contributed by atoms with Gasteiger partial charge in [-0.3, -0.25) is 0 Å². The molecule has 0 unspecified atom stereocenters. The predicted octanol–water partition coefficient (Wildman–Crippen LogP) is 2.52. The number of hydrogen-bond donors (Lipinski definition) is 1. The van der Waals surface area contributed by atoms with E-state index < -0.39 is 0 Å². The first kappa shape index (κ1) is 16.4. The van der Waals surface area contributed by atoms with Gasteiger partial charge in [0.15, 0.2) is 0 Å². The van der Waals surface area contributed by atoms with Crippen molar-refractivity contribution in [3.05, 3.63) is 28.8 Å². The Hall–Kier alpha value is -1.46. The van der Waals surface area contributed by atoms with Gasteiger partial charge in [-0.05, 0) is 37.0 Å². The van der Waals surface area contributed by atoms with Gasteiger partial charge in [-0.15, -0.1) is 0 Å². The maximum atomic E-state index is 12.1. The summed E-state index contributed by atoms with van der Waals surface area (Å²) in [6, 6.07) is 6.05. The monoisotopic (exact) mass is 337 g/mol. The predicted molar refractivity (Wildman–Crippen MR) is 92.3 cm³/mol. The van der Waals surface area contributed by atoms with Crippen molar-refractivity contribution in [3.63, 3.8) is 0 Å². The molecule has 0 bridgehead atoms. The van der Waals surface area contributed by atoms with Gasteiger partial charge in [-0.1, -0.05) is 17.7 Å². The molecule has 1 aromatic rings. The third kappa shape index (κ3) is 4.09. The van der Waals surface area contributed by atoms with Crippen molar-refractivity contribution in [1.29, 1.82) is 0 Å². The van der Waals surface area contributed by atoms with Crippen molar-refractivity contribution in [2.75, 3.05) is 50.8 Å². The molecule has 0 spiro atoms. The van der Waals surface area contributed by atoms with E-state index in [4.69, 9.17) is 16.3 Å². The number of benzene rings is 1. The summed E-state index contributed by atoms with van der Waals surface area (Å²) in [6.07, 6.45) is 1.09. The van der Waals surface area contributed by atoms with Crippen LogP contribution >= 0.6 is 11.6 Å². The van der Waals surface area contributed by atoms with Gasteiger partial charge in [0.1, 0.15) is 0 Å². The molecular formula is C17H24ClN3O2. The van der Waals surface area contributed by atoms with Crippen LogP contribution in [-0.2, 0) is 4.74 Å². The molecule has 0 aromatic heterocycles. The first-order valence-electron chi connectivity index (χ1n) is 8.25. The molecular weight excluding hydrogens is 314 g/mol. The highest BCUT2D eigenvalue weighted by Gasteiger charge is 2.25. The molecule has 3 rings (SSSR count). The van der Waals surface area contributed by atoms with Gasteiger partial charge in [-0.2, -0.15) is 0 Å². The molecule has 6 heteroatoms. The molecule has 0 saturated carbocycles. The van der Waals surface area contributed by atoms with Crippen LogP contribution in [0.2, 0.25) is 5.02 Å². The summed E-state index contributed by atoms with van der Waals surface area (Å²) in [6.45, 7) is 7.46. The molecule has 126 valence electrons. The number of ether oxygens (including phenoxy) is 1.